The van der Waals surface area contributed by atoms with Gasteiger partial charge in [-0.3, -0.25) is 0 Å². The van der Waals surface area contributed by atoms with Gasteiger partial charge in [0.25, 0.3) is 0 Å². The molecule has 0 saturated carbocycles. The standard InChI is InChI=1S/C15H14BrFO/c1-10-3-8-13(14(17)9-10)15(16)11-4-6-12(18-2)7-5-11/h3-9,15H,1-2H3. The molecule has 0 radical (unpaired) electrons. The molecule has 0 aliphatic heterocycles. The summed E-state index contributed by atoms with van der Waals surface area (Å²) in [6.45, 7) is 1.88. The van der Waals surface area contributed by atoms with Gasteiger partial charge in [-0.25, -0.2) is 4.39 Å². The van der Waals surface area contributed by atoms with Crippen molar-refractivity contribution in [1.82, 2.24) is 0 Å². The first-order valence-corrected chi connectivity index (χ1v) is 6.57. The van der Waals surface area contributed by atoms with Gasteiger partial charge in [0.05, 0.1) is 11.9 Å². The van der Waals surface area contributed by atoms with E-state index < -0.39 is 0 Å². The van der Waals surface area contributed by atoms with E-state index in [1.54, 1.807) is 13.2 Å². The van der Waals surface area contributed by atoms with Crippen molar-refractivity contribution in [3.8, 4) is 5.75 Å². The Labute approximate surface area is 115 Å². The summed E-state index contributed by atoms with van der Waals surface area (Å²) in [6, 6.07) is 12.9. The number of methoxy groups -OCH3 is 1. The monoisotopic (exact) mass is 308 g/mol. The second kappa shape index (κ2) is 5.53. The number of benzene rings is 2. The summed E-state index contributed by atoms with van der Waals surface area (Å²) < 4.78 is 19.0. The molecule has 2 aromatic carbocycles. The molecule has 1 atom stereocenters. The van der Waals surface area contributed by atoms with Crippen molar-refractivity contribution in [3.05, 3.63) is 65.0 Å². The largest absolute Gasteiger partial charge is 0.497 e. The Hall–Kier alpha value is -1.35. The second-order valence-corrected chi connectivity index (χ2v) is 5.08. The number of hydrogen-bond acceptors (Lipinski definition) is 1. The fourth-order valence-corrected chi connectivity index (χ4v) is 2.47. The van der Waals surface area contributed by atoms with Crippen LogP contribution in [-0.2, 0) is 0 Å². The zero-order valence-corrected chi connectivity index (χ0v) is 11.9. The van der Waals surface area contributed by atoms with Gasteiger partial charge in [0.2, 0.25) is 0 Å². The fraction of sp³-hybridized carbons (Fsp3) is 0.200. The summed E-state index contributed by atoms with van der Waals surface area (Å²) in [5.74, 6) is 0.607. The van der Waals surface area contributed by atoms with Gasteiger partial charge in [0.1, 0.15) is 11.6 Å². The van der Waals surface area contributed by atoms with E-state index in [4.69, 9.17) is 4.74 Å². The highest BCUT2D eigenvalue weighted by Crippen LogP contribution is 2.33. The van der Waals surface area contributed by atoms with Crippen LogP contribution in [0.25, 0.3) is 0 Å². The van der Waals surface area contributed by atoms with Crippen LogP contribution in [-0.4, -0.2) is 7.11 Å². The van der Waals surface area contributed by atoms with Crippen molar-refractivity contribution in [1.29, 1.82) is 0 Å². The predicted octanol–water partition coefficient (Wildman–Crippen LogP) is 4.63. The van der Waals surface area contributed by atoms with E-state index in [1.165, 1.54) is 0 Å². The van der Waals surface area contributed by atoms with Gasteiger partial charge in [-0.15, -0.1) is 0 Å². The number of hydrogen-bond donors (Lipinski definition) is 0. The lowest BCUT2D eigenvalue weighted by Crippen LogP contribution is -1.97. The Morgan fingerprint density at radius 2 is 1.78 bits per heavy atom. The van der Waals surface area contributed by atoms with Crippen LogP contribution in [0.1, 0.15) is 21.5 Å². The summed E-state index contributed by atoms with van der Waals surface area (Å²) in [6.07, 6.45) is 0. The van der Waals surface area contributed by atoms with Gasteiger partial charge < -0.3 is 4.74 Å². The summed E-state index contributed by atoms with van der Waals surface area (Å²) in [5.41, 5.74) is 2.56. The molecular weight excluding hydrogens is 295 g/mol. The van der Waals surface area contributed by atoms with E-state index in [0.29, 0.717) is 5.56 Å². The molecule has 3 heteroatoms. The van der Waals surface area contributed by atoms with Gasteiger partial charge in [-0.05, 0) is 36.2 Å². The number of halogens is 2. The van der Waals surface area contributed by atoms with Crippen LogP contribution in [0.15, 0.2) is 42.5 Å². The van der Waals surface area contributed by atoms with Crippen LogP contribution in [0, 0.1) is 12.7 Å². The summed E-state index contributed by atoms with van der Waals surface area (Å²) in [7, 11) is 1.63. The number of aryl methyl sites for hydroxylation is 1. The van der Waals surface area contributed by atoms with Gasteiger partial charge in [0.15, 0.2) is 0 Å². The topological polar surface area (TPSA) is 9.23 Å². The van der Waals surface area contributed by atoms with Gasteiger partial charge in [-0.2, -0.15) is 0 Å². The third kappa shape index (κ3) is 2.72. The van der Waals surface area contributed by atoms with Crippen molar-refractivity contribution in [2.45, 2.75) is 11.8 Å². The molecule has 0 spiro atoms. The smallest absolute Gasteiger partial charge is 0.128 e. The minimum Gasteiger partial charge on any atom is -0.497 e. The third-order valence-electron chi connectivity index (χ3n) is 2.84. The molecular formula is C15H14BrFO. The summed E-state index contributed by atoms with van der Waals surface area (Å²) in [4.78, 5) is -0.149. The predicted molar refractivity (Wildman–Crippen MR) is 74.9 cm³/mol. The Bertz CT molecular complexity index is 537. The summed E-state index contributed by atoms with van der Waals surface area (Å²) >= 11 is 3.54. The minimum atomic E-state index is -0.187. The number of alkyl halides is 1. The highest BCUT2D eigenvalue weighted by molar-refractivity contribution is 9.09. The van der Waals surface area contributed by atoms with Gasteiger partial charge >= 0.3 is 0 Å². The lowest BCUT2D eigenvalue weighted by molar-refractivity contribution is 0.414. The Morgan fingerprint density at radius 3 is 2.33 bits per heavy atom. The van der Waals surface area contributed by atoms with Gasteiger partial charge in [-0.1, -0.05) is 40.2 Å². The normalized spacial score (nSPS) is 12.2. The van der Waals surface area contributed by atoms with Crippen LogP contribution in [0.3, 0.4) is 0 Å². The van der Waals surface area contributed by atoms with E-state index in [9.17, 15) is 4.39 Å². The average molecular weight is 309 g/mol. The molecule has 0 aliphatic carbocycles. The van der Waals surface area contributed by atoms with Crippen LogP contribution in [0.4, 0.5) is 4.39 Å². The third-order valence-corrected chi connectivity index (χ3v) is 3.86. The zero-order chi connectivity index (χ0) is 13.1. The lowest BCUT2D eigenvalue weighted by atomic mass is 10.0. The molecule has 0 aromatic heterocycles. The number of rotatable bonds is 3. The lowest BCUT2D eigenvalue weighted by Gasteiger charge is -2.12. The molecule has 0 aliphatic rings. The first kappa shape index (κ1) is 13.1. The van der Waals surface area contributed by atoms with Gasteiger partial charge in [0, 0.05) is 5.56 Å². The molecule has 0 saturated heterocycles. The average Bonchev–Trinajstić information content (AvgIpc) is 2.38. The Balaban J connectivity index is 2.31. The Morgan fingerprint density at radius 1 is 1.11 bits per heavy atom. The molecule has 0 bridgehead atoms. The maximum absolute atomic E-state index is 13.9. The highest BCUT2D eigenvalue weighted by atomic mass is 79.9. The highest BCUT2D eigenvalue weighted by Gasteiger charge is 2.14. The molecule has 2 aromatic rings. The quantitative estimate of drug-likeness (QED) is 0.751. The van der Waals surface area contributed by atoms with Crippen LogP contribution < -0.4 is 4.74 Å². The zero-order valence-electron chi connectivity index (χ0n) is 10.3. The molecule has 0 amide bonds. The van der Waals surface area contributed by atoms with E-state index in [2.05, 4.69) is 15.9 Å². The van der Waals surface area contributed by atoms with E-state index in [0.717, 1.165) is 16.9 Å². The molecule has 1 nitrogen and oxygen atoms in total. The van der Waals surface area contributed by atoms with E-state index in [-0.39, 0.29) is 10.6 Å². The molecule has 94 valence electrons. The molecule has 1 unspecified atom stereocenters. The van der Waals surface area contributed by atoms with E-state index >= 15 is 0 Å². The molecule has 18 heavy (non-hydrogen) atoms. The maximum atomic E-state index is 13.9. The second-order valence-electron chi connectivity index (χ2n) is 4.16. The summed E-state index contributed by atoms with van der Waals surface area (Å²) in [5, 5.41) is 0. The van der Waals surface area contributed by atoms with E-state index in [1.807, 2.05) is 43.3 Å². The van der Waals surface area contributed by atoms with Crippen LogP contribution >= 0.6 is 15.9 Å². The number of ether oxygens (including phenoxy) is 1. The van der Waals surface area contributed by atoms with Crippen LogP contribution in [0.5, 0.6) is 5.75 Å². The minimum absolute atomic E-state index is 0.149. The maximum Gasteiger partial charge on any atom is 0.128 e. The first-order chi connectivity index (χ1) is 8.61. The van der Waals surface area contributed by atoms with Crippen molar-refractivity contribution < 1.29 is 9.13 Å². The fourth-order valence-electron chi connectivity index (χ4n) is 1.79. The van der Waals surface area contributed by atoms with Crippen molar-refractivity contribution in [3.63, 3.8) is 0 Å². The molecule has 0 heterocycles. The first-order valence-electron chi connectivity index (χ1n) is 5.66. The van der Waals surface area contributed by atoms with Crippen molar-refractivity contribution >= 4 is 15.9 Å². The molecule has 2 rings (SSSR count). The van der Waals surface area contributed by atoms with Crippen molar-refractivity contribution in [2.75, 3.05) is 7.11 Å². The molecule has 0 fully saturated rings. The Kier molecular flexibility index (Phi) is 4.02. The van der Waals surface area contributed by atoms with Crippen molar-refractivity contribution in [2.24, 2.45) is 0 Å². The molecule has 0 N–H and O–H groups in total. The SMILES string of the molecule is COc1ccc(C(Br)c2ccc(C)cc2F)cc1. The van der Waals surface area contributed by atoms with Crippen LogP contribution in [0.2, 0.25) is 0 Å².